The summed E-state index contributed by atoms with van der Waals surface area (Å²) in [6, 6.07) is 0. The van der Waals surface area contributed by atoms with E-state index in [-0.39, 0.29) is 25.4 Å². The molecular weight excluding hydrogens is 328 g/mol. The minimum absolute atomic E-state index is 0.0304. The Morgan fingerprint density at radius 2 is 1.25 bits per heavy atom. The van der Waals surface area contributed by atoms with Crippen molar-refractivity contribution in [2.75, 3.05) is 33.5 Å². The standard InChI is InChI=1S/C14H20O10/c1-22-2-3-23-4-5-24-14(21)10(8-13(19)20)9(6-11(15)16)7-12(17)18/h2-8H2,1H3,(H,15,16)(H,17,18)(H,19,20). The third-order valence-corrected chi connectivity index (χ3v) is 2.62. The summed E-state index contributed by atoms with van der Waals surface area (Å²) in [5.41, 5.74) is -0.799. The molecule has 0 fully saturated rings. The minimum Gasteiger partial charge on any atom is -0.481 e. The van der Waals surface area contributed by atoms with Gasteiger partial charge in [0, 0.05) is 12.7 Å². The predicted octanol–water partition coefficient (Wildman–Crippen LogP) is -0.0867. The van der Waals surface area contributed by atoms with E-state index in [0.29, 0.717) is 6.61 Å². The summed E-state index contributed by atoms with van der Waals surface area (Å²) in [5, 5.41) is 26.4. The first kappa shape index (κ1) is 21.5. The van der Waals surface area contributed by atoms with Crippen LogP contribution in [0.15, 0.2) is 11.1 Å². The molecule has 0 heterocycles. The van der Waals surface area contributed by atoms with Gasteiger partial charge in [0.25, 0.3) is 0 Å². The van der Waals surface area contributed by atoms with Crippen molar-refractivity contribution in [1.82, 2.24) is 0 Å². The van der Waals surface area contributed by atoms with E-state index in [4.69, 9.17) is 29.5 Å². The zero-order chi connectivity index (χ0) is 18.5. The number of carbonyl (C=O) groups excluding carboxylic acids is 1. The molecule has 136 valence electrons. The van der Waals surface area contributed by atoms with Crippen molar-refractivity contribution in [2.24, 2.45) is 0 Å². The predicted molar refractivity (Wildman–Crippen MR) is 77.4 cm³/mol. The summed E-state index contributed by atoms with van der Waals surface area (Å²) in [6.45, 7) is 0.455. The van der Waals surface area contributed by atoms with Crippen LogP contribution >= 0.6 is 0 Å². The van der Waals surface area contributed by atoms with Crippen LogP contribution in [0.25, 0.3) is 0 Å². The van der Waals surface area contributed by atoms with E-state index in [9.17, 15) is 19.2 Å². The van der Waals surface area contributed by atoms with Crippen LogP contribution in [-0.4, -0.2) is 72.7 Å². The van der Waals surface area contributed by atoms with Crippen LogP contribution in [0.2, 0.25) is 0 Å². The second kappa shape index (κ2) is 12.0. The van der Waals surface area contributed by atoms with Gasteiger partial charge in [0.05, 0.1) is 39.1 Å². The Morgan fingerprint density at radius 1 is 0.750 bits per heavy atom. The van der Waals surface area contributed by atoms with Gasteiger partial charge < -0.3 is 29.5 Å². The van der Waals surface area contributed by atoms with Crippen molar-refractivity contribution in [1.29, 1.82) is 0 Å². The first-order chi connectivity index (χ1) is 11.3. The summed E-state index contributed by atoms with van der Waals surface area (Å²) < 4.78 is 14.6. The smallest absolute Gasteiger partial charge is 0.334 e. The molecule has 0 aromatic rings. The van der Waals surface area contributed by atoms with Gasteiger partial charge in [-0.15, -0.1) is 0 Å². The highest BCUT2D eigenvalue weighted by atomic mass is 16.6. The maximum absolute atomic E-state index is 12.0. The lowest BCUT2D eigenvalue weighted by molar-refractivity contribution is -0.144. The molecule has 0 bridgehead atoms. The Hall–Kier alpha value is -2.46. The first-order valence-corrected chi connectivity index (χ1v) is 6.88. The molecule has 0 aromatic carbocycles. The summed E-state index contributed by atoms with van der Waals surface area (Å²) in [5.74, 6) is -5.26. The summed E-state index contributed by atoms with van der Waals surface area (Å²) in [7, 11) is 1.48. The summed E-state index contributed by atoms with van der Waals surface area (Å²) in [4.78, 5) is 44.4. The van der Waals surface area contributed by atoms with Crippen LogP contribution in [0.4, 0.5) is 0 Å². The number of hydrogen-bond acceptors (Lipinski definition) is 7. The minimum atomic E-state index is -1.41. The van der Waals surface area contributed by atoms with Crippen LogP contribution in [0.3, 0.4) is 0 Å². The molecule has 0 saturated heterocycles. The number of aliphatic carboxylic acids is 3. The molecular formula is C14H20O10. The number of carboxylic acid groups (broad SMARTS) is 3. The molecule has 0 saturated carbocycles. The second-order valence-corrected chi connectivity index (χ2v) is 4.53. The fourth-order valence-electron chi connectivity index (χ4n) is 1.66. The van der Waals surface area contributed by atoms with Gasteiger partial charge in [-0.1, -0.05) is 0 Å². The molecule has 0 amide bonds. The lowest BCUT2D eigenvalue weighted by Gasteiger charge is -2.12. The van der Waals surface area contributed by atoms with Gasteiger partial charge in [-0.25, -0.2) is 4.79 Å². The van der Waals surface area contributed by atoms with E-state index in [1.807, 2.05) is 0 Å². The van der Waals surface area contributed by atoms with Crippen molar-refractivity contribution in [3.63, 3.8) is 0 Å². The van der Waals surface area contributed by atoms with E-state index < -0.39 is 48.7 Å². The van der Waals surface area contributed by atoms with E-state index in [1.165, 1.54) is 7.11 Å². The van der Waals surface area contributed by atoms with Crippen molar-refractivity contribution in [3.8, 4) is 0 Å². The largest absolute Gasteiger partial charge is 0.481 e. The Morgan fingerprint density at radius 3 is 1.71 bits per heavy atom. The van der Waals surface area contributed by atoms with Gasteiger partial charge in [-0.3, -0.25) is 14.4 Å². The molecule has 3 N–H and O–H groups in total. The number of rotatable bonds is 13. The molecule has 0 aliphatic carbocycles. The Bertz CT molecular complexity index is 476. The maximum atomic E-state index is 12.0. The number of methoxy groups -OCH3 is 1. The van der Waals surface area contributed by atoms with Crippen LogP contribution < -0.4 is 0 Å². The van der Waals surface area contributed by atoms with E-state index in [1.54, 1.807) is 0 Å². The van der Waals surface area contributed by atoms with Crippen LogP contribution in [0.1, 0.15) is 19.3 Å². The van der Waals surface area contributed by atoms with Gasteiger partial charge in [-0.05, 0) is 5.57 Å². The van der Waals surface area contributed by atoms with Gasteiger partial charge in [0.2, 0.25) is 0 Å². The normalized spacial score (nSPS) is 10.0. The number of carboxylic acids is 3. The van der Waals surface area contributed by atoms with Gasteiger partial charge in [-0.2, -0.15) is 0 Å². The van der Waals surface area contributed by atoms with Crippen LogP contribution in [0.5, 0.6) is 0 Å². The molecule has 0 rings (SSSR count). The van der Waals surface area contributed by atoms with Gasteiger partial charge in [0.1, 0.15) is 6.61 Å². The maximum Gasteiger partial charge on any atom is 0.334 e. The summed E-state index contributed by atoms with van der Waals surface area (Å²) in [6.07, 6.45) is -2.37. The Balaban J connectivity index is 4.99. The van der Waals surface area contributed by atoms with Crippen molar-refractivity contribution in [2.45, 2.75) is 19.3 Å². The zero-order valence-corrected chi connectivity index (χ0v) is 13.1. The number of hydrogen-bond donors (Lipinski definition) is 3. The Kier molecular flexibility index (Phi) is 10.8. The monoisotopic (exact) mass is 348 g/mol. The zero-order valence-electron chi connectivity index (χ0n) is 13.1. The van der Waals surface area contributed by atoms with Crippen molar-refractivity contribution < 1.29 is 48.7 Å². The van der Waals surface area contributed by atoms with Crippen LogP contribution in [0, 0.1) is 0 Å². The van der Waals surface area contributed by atoms with Gasteiger partial charge in [0.15, 0.2) is 0 Å². The lowest BCUT2D eigenvalue weighted by atomic mass is 9.99. The summed E-state index contributed by atoms with van der Waals surface area (Å²) >= 11 is 0. The molecule has 0 atom stereocenters. The van der Waals surface area contributed by atoms with Crippen molar-refractivity contribution >= 4 is 23.9 Å². The van der Waals surface area contributed by atoms with E-state index in [0.717, 1.165) is 0 Å². The topological polar surface area (TPSA) is 157 Å². The lowest BCUT2D eigenvalue weighted by Crippen LogP contribution is -2.19. The molecule has 0 aliphatic heterocycles. The second-order valence-electron chi connectivity index (χ2n) is 4.53. The van der Waals surface area contributed by atoms with E-state index >= 15 is 0 Å². The average Bonchev–Trinajstić information content (AvgIpc) is 2.46. The first-order valence-electron chi connectivity index (χ1n) is 6.88. The SMILES string of the molecule is COCCOCCOC(=O)C(CC(=O)O)=C(CC(=O)O)CC(=O)O. The third-order valence-electron chi connectivity index (χ3n) is 2.62. The molecule has 0 aromatic heterocycles. The van der Waals surface area contributed by atoms with Crippen LogP contribution in [-0.2, 0) is 33.4 Å². The highest BCUT2D eigenvalue weighted by molar-refractivity contribution is 5.96. The Labute approximate surface area is 137 Å². The van der Waals surface area contributed by atoms with Crippen molar-refractivity contribution in [3.05, 3.63) is 11.1 Å². The third kappa shape index (κ3) is 10.3. The molecule has 0 spiro atoms. The molecule has 0 unspecified atom stereocenters. The molecule has 0 radical (unpaired) electrons. The quantitative estimate of drug-likeness (QED) is 0.233. The van der Waals surface area contributed by atoms with E-state index in [2.05, 4.69) is 0 Å². The highest BCUT2D eigenvalue weighted by Crippen LogP contribution is 2.19. The number of ether oxygens (including phenoxy) is 3. The van der Waals surface area contributed by atoms with Gasteiger partial charge >= 0.3 is 23.9 Å². The molecule has 10 heteroatoms. The highest BCUT2D eigenvalue weighted by Gasteiger charge is 2.23. The molecule has 10 nitrogen and oxygen atoms in total. The molecule has 0 aliphatic rings. The number of esters is 1. The number of carbonyl (C=O) groups is 4. The fourth-order valence-corrected chi connectivity index (χ4v) is 1.66. The fraction of sp³-hybridized carbons (Fsp3) is 0.571. The average molecular weight is 348 g/mol. The molecule has 24 heavy (non-hydrogen) atoms.